The molecule has 2 fully saturated rings. The summed E-state index contributed by atoms with van der Waals surface area (Å²) >= 11 is 0. The Morgan fingerprint density at radius 2 is 1.23 bits per heavy atom. The summed E-state index contributed by atoms with van der Waals surface area (Å²) in [6, 6.07) is 18.0. The fourth-order valence-electron chi connectivity index (χ4n) is 3.89. The van der Waals surface area contributed by atoms with Gasteiger partial charge in [-0.15, -0.1) is 0 Å². The van der Waals surface area contributed by atoms with E-state index in [1.807, 2.05) is 41.5 Å². The van der Waals surface area contributed by atoms with Crippen LogP contribution < -0.4 is 9.05 Å². The van der Waals surface area contributed by atoms with Gasteiger partial charge in [-0.05, 0) is 49.9 Å². The van der Waals surface area contributed by atoms with Crippen LogP contribution in [0.1, 0.15) is 44.9 Å². The van der Waals surface area contributed by atoms with Gasteiger partial charge in [-0.1, -0.05) is 55.7 Å². The van der Waals surface area contributed by atoms with Gasteiger partial charge in [0.25, 0.3) is 0 Å². The molecule has 0 spiro atoms. The Morgan fingerprint density at radius 1 is 0.700 bits per heavy atom. The summed E-state index contributed by atoms with van der Waals surface area (Å²) < 4.78 is 30.9. The van der Waals surface area contributed by atoms with Gasteiger partial charge in [-0.2, -0.15) is 5.06 Å². The van der Waals surface area contributed by atoms with Crippen LogP contribution in [0.25, 0.3) is 0 Å². The van der Waals surface area contributed by atoms with Crippen LogP contribution in [0.2, 0.25) is 0 Å². The third-order valence-electron chi connectivity index (χ3n) is 5.45. The Balaban J connectivity index is 1.36. The molecule has 0 atom stereocenters. The molecule has 6 nitrogen and oxygen atoms in total. The van der Waals surface area contributed by atoms with E-state index in [-0.39, 0.29) is 6.10 Å². The molecular formula is C23H30NO5P. The van der Waals surface area contributed by atoms with Gasteiger partial charge in [0, 0.05) is 13.1 Å². The minimum absolute atomic E-state index is 0.213. The first kappa shape index (κ1) is 21.4. The molecule has 0 aromatic heterocycles. The molecular weight excluding hydrogens is 401 g/mol. The largest absolute Gasteiger partial charge is 0.587 e. The maximum absolute atomic E-state index is 13.5. The average molecular weight is 431 g/mol. The number of piperidine rings is 1. The van der Waals surface area contributed by atoms with Crippen LogP contribution in [0.15, 0.2) is 60.7 Å². The number of hydrogen-bond acceptors (Lipinski definition) is 6. The normalized spacial score (nSPS) is 19.5. The first-order valence-electron chi connectivity index (χ1n) is 10.9. The molecule has 2 aliphatic rings. The summed E-state index contributed by atoms with van der Waals surface area (Å²) in [6.45, 7) is 1.50. The Bertz CT molecular complexity index is 759. The van der Waals surface area contributed by atoms with Gasteiger partial charge in [-0.3, -0.25) is 9.36 Å². The van der Waals surface area contributed by atoms with E-state index >= 15 is 0 Å². The molecule has 1 heterocycles. The zero-order chi connectivity index (χ0) is 20.7. The summed E-state index contributed by atoms with van der Waals surface area (Å²) in [5, 5.41) is 2.04. The molecule has 0 radical (unpaired) electrons. The third kappa shape index (κ3) is 6.32. The Morgan fingerprint density at radius 3 is 1.77 bits per heavy atom. The number of hydroxylamine groups is 2. The minimum Gasteiger partial charge on any atom is -0.395 e. The third-order valence-corrected chi connectivity index (χ3v) is 6.88. The van der Waals surface area contributed by atoms with Crippen molar-refractivity contribution in [2.45, 2.75) is 57.2 Å². The van der Waals surface area contributed by atoms with Crippen molar-refractivity contribution in [3.05, 3.63) is 60.7 Å². The van der Waals surface area contributed by atoms with E-state index in [2.05, 4.69) is 0 Å². The average Bonchev–Trinajstić information content (AvgIpc) is 2.77. The standard InChI is InChI=1S/C23H30NO5P/c25-30(27-21-12-6-2-7-13-21,28-22-14-8-3-9-15-22)29-23-16-18-24(19-17-23)26-20-10-4-1-5-11-20/h2-3,6-9,12-15,20,23H,1,4-5,10-11,16-19H2. The van der Waals surface area contributed by atoms with Crippen molar-refractivity contribution >= 4 is 7.82 Å². The van der Waals surface area contributed by atoms with Gasteiger partial charge >= 0.3 is 7.82 Å². The Hall–Kier alpha value is -1.85. The number of benzene rings is 2. The number of para-hydroxylation sites is 2. The van der Waals surface area contributed by atoms with E-state index in [0.717, 1.165) is 25.9 Å². The van der Waals surface area contributed by atoms with Gasteiger partial charge < -0.3 is 9.05 Å². The van der Waals surface area contributed by atoms with Gasteiger partial charge in [-0.25, -0.2) is 4.57 Å². The topological polar surface area (TPSA) is 57.2 Å². The van der Waals surface area contributed by atoms with Gasteiger partial charge in [0.1, 0.15) is 11.5 Å². The van der Waals surface area contributed by atoms with Crippen LogP contribution in [0.4, 0.5) is 0 Å². The highest BCUT2D eigenvalue weighted by molar-refractivity contribution is 7.49. The molecule has 0 bridgehead atoms. The lowest BCUT2D eigenvalue weighted by Crippen LogP contribution is -2.40. The zero-order valence-electron chi connectivity index (χ0n) is 17.2. The number of rotatable bonds is 8. The van der Waals surface area contributed by atoms with E-state index < -0.39 is 7.82 Å². The maximum Gasteiger partial charge on any atom is 0.587 e. The van der Waals surface area contributed by atoms with E-state index in [4.69, 9.17) is 18.4 Å². The highest BCUT2D eigenvalue weighted by Crippen LogP contribution is 2.51. The second kappa shape index (κ2) is 10.5. The molecule has 1 aliphatic heterocycles. The van der Waals surface area contributed by atoms with Crippen LogP contribution in [0.5, 0.6) is 11.5 Å². The lowest BCUT2D eigenvalue weighted by Gasteiger charge is -2.35. The number of phosphoric ester groups is 1. The van der Waals surface area contributed by atoms with Crippen molar-refractivity contribution in [1.29, 1.82) is 0 Å². The van der Waals surface area contributed by atoms with Crippen molar-refractivity contribution in [3.8, 4) is 11.5 Å². The van der Waals surface area contributed by atoms with E-state index in [9.17, 15) is 4.57 Å². The summed E-state index contributed by atoms with van der Waals surface area (Å²) in [5.41, 5.74) is 0. The van der Waals surface area contributed by atoms with Crippen LogP contribution in [-0.4, -0.2) is 30.4 Å². The molecule has 4 rings (SSSR count). The molecule has 1 aliphatic carbocycles. The number of phosphoric acid groups is 1. The summed E-state index contributed by atoms with van der Waals surface area (Å²) in [4.78, 5) is 6.15. The molecule has 30 heavy (non-hydrogen) atoms. The monoisotopic (exact) mass is 431 g/mol. The van der Waals surface area contributed by atoms with E-state index in [1.165, 1.54) is 19.3 Å². The molecule has 0 N–H and O–H groups in total. The molecule has 0 amide bonds. The van der Waals surface area contributed by atoms with Crippen LogP contribution >= 0.6 is 7.82 Å². The van der Waals surface area contributed by atoms with Gasteiger partial charge in [0.05, 0.1) is 12.2 Å². The van der Waals surface area contributed by atoms with Crippen molar-refractivity contribution in [2.24, 2.45) is 0 Å². The fourth-order valence-corrected chi connectivity index (χ4v) is 5.35. The number of nitrogens with zero attached hydrogens (tertiary/aromatic N) is 1. The molecule has 2 aromatic rings. The molecule has 1 saturated carbocycles. The Kier molecular flexibility index (Phi) is 7.45. The van der Waals surface area contributed by atoms with E-state index in [1.54, 1.807) is 24.3 Å². The van der Waals surface area contributed by atoms with Gasteiger partial charge in [0.2, 0.25) is 0 Å². The number of hydrogen-bond donors (Lipinski definition) is 0. The SMILES string of the molecule is O=P(Oc1ccccc1)(Oc1ccccc1)OC1CCN(OC2CCCCC2)CC1. The minimum atomic E-state index is -3.85. The molecule has 7 heteroatoms. The van der Waals surface area contributed by atoms with Crippen LogP contribution in [0.3, 0.4) is 0 Å². The summed E-state index contributed by atoms with van der Waals surface area (Å²) in [5.74, 6) is 0.907. The lowest BCUT2D eigenvalue weighted by molar-refractivity contribution is -0.219. The quantitative estimate of drug-likeness (QED) is 0.478. The van der Waals surface area contributed by atoms with Crippen molar-refractivity contribution < 1.29 is 23.0 Å². The van der Waals surface area contributed by atoms with Crippen molar-refractivity contribution in [2.75, 3.05) is 13.1 Å². The smallest absolute Gasteiger partial charge is 0.395 e. The van der Waals surface area contributed by atoms with Crippen molar-refractivity contribution in [1.82, 2.24) is 5.06 Å². The lowest BCUT2D eigenvalue weighted by atomic mass is 9.98. The Labute approximate surface area is 178 Å². The maximum atomic E-state index is 13.5. The summed E-state index contributed by atoms with van der Waals surface area (Å²) in [6.07, 6.45) is 7.65. The fraction of sp³-hybridized carbons (Fsp3) is 0.478. The molecule has 2 aromatic carbocycles. The van der Waals surface area contributed by atoms with Crippen molar-refractivity contribution in [3.63, 3.8) is 0 Å². The molecule has 0 unspecified atom stereocenters. The second-order valence-corrected chi connectivity index (χ2v) is 9.33. The predicted molar refractivity (Wildman–Crippen MR) is 115 cm³/mol. The van der Waals surface area contributed by atoms with E-state index in [0.29, 0.717) is 30.4 Å². The van der Waals surface area contributed by atoms with Crippen LogP contribution in [0, 0.1) is 0 Å². The highest BCUT2D eigenvalue weighted by Gasteiger charge is 2.36. The van der Waals surface area contributed by atoms with Crippen LogP contribution in [-0.2, 0) is 13.9 Å². The second-order valence-electron chi connectivity index (χ2n) is 7.86. The zero-order valence-corrected chi connectivity index (χ0v) is 18.1. The highest BCUT2D eigenvalue weighted by atomic mass is 31.2. The predicted octanol–water partition coefficient (Wildman–Crippen LogP) is 6.00. The first-order valence-corrected chi connectivity index (χ1v) is 12.3. The first-order chi connectivity index (χ1) is 14.7. The summed E-state index contributed by atoms with van der Waals surface area (Å²) in [7, 11) is -3.85. The molecule has 162 valence electrons. The molecule has 1 saturated heterocycles. The van der Waals surface area contributed by atoms with Gasteiger partial charge in [0.15, 0.2) is 0 Å².